The Hall–Kier alpha value is -3.79. The third-order valence-corrected chi connectivity index (χ3v) is 11.3. The van der Waals surface area contributed by atoms with E-state index < -0.39 is 40.7 Å². The lowest BCUT2D eigenvalue weighted by Gasteiger charge is -2.31. The zero-order valence-corrected chi connectivity index (χ0v) is 29.1. The van der Waals surface area contributed by atoms with Gasteiger partial charge in [-0.2, -0.15) is 4.31 Å². The number of carbonyl (C=O) groups is 1. The second-order valence-electron chi connectivity index (χ2n) is 12.8. The highest BCUT2D eigenvalue weighted by molar-refractivity contribution is 7.89. The molecule has 3 heterocycles. The number of amides is 1. The number of hydrogen-bond donors (Lipinski definition) is 3. The van der Waals surface area contributed by atoms with Gasteiger partial charge in [-0.3, -0.25) is 0 Å². The minimum Gasteiger partial charge on any atom is -0.489 e. The number of carbonyl (C=O) groups excluding carboxylic acids is 1. The number of nitrogens with one attached hydrogen (secondary N) is 1. The van der Waals surface area contributed by atoms with Crippen LogP contribution in [-0.2, 0) is 37.3 Å². The highest BCUT2D eigenvalue weighted by Gasteiger charge is 2.44. The molecule has 0 unspecified atom stereocenters. The Bertz CT molecular complexity index is 1820. The number of thiazole rings is 1. The maximum atomic E-state index is 14.0. The van der Waals surface area contributed by atoms with Crippen LogP contribution in [0.2, 0.25) is 0 Å². The summed E-state index contributed by atoms with van der Waals surface area (Å²) in [4.78, 5) is 17.6. The summed E-state index contributed by atoms with van der Waals surface area (Å²) in [5, 5.41) is 14.9. The van der Waals surface area contributed by atoms with E-state index in [1.54, 1.807) is 12.1 Å². The van der Waals surface area contributed by atoms with Crippen molar-refractivity contribution < 1.29 is 37.3 Å². The van der Waals surface area contributed by atoms with E-state index in [-0.39, 0.29) is 42.8 Å². The number of rotatable bonds is 14. The summed E-state index contributed by atoms with van der Waals surface area (Å²) in [6.07, 6.45) is -1.97. The van der Waals surface area contributed by atoms with Gasteiger partial charge in [0.1, 0.15) is 18.5 Å². The summed E-state index contributed by atoms with van der Waals surface area (Å²) in [5.41, 5.74) is 8.30. The Labute approximate surface area is 290 Å². The number of nitrogens with two attached hydrogens (primary N) is 1. The van der Waals surface area contributed by atoms with Crippen LogP contribution >= 0.6 is 11.3 Å². The fourth-order valence-electron chi connectivity index (χ4n) is 6.12. The standard InChI is InChI=1S/C35H42N4O8S2/c1-22(2)18-39(49(42,43)26-12-13-28-32(17-26)48-34(36)37-28)19-30(40)29(38-35(41)47-31-21-46-33-27(31)14-15-44-33)16-23-8-10-25(11-9-23)45-20-24-6-4-3-5-7-24/h3-13,17,22,27,29-31,33,40H,14-16,18-21H2,1-2H3,(H2,36,37)(H,38,41)/t27-,29-,30+,31-,33+/m0/s1. The van der Waals surface area contributed by atoms with Gasteiger partial charge in [-0.05, 0) is 60.2 Å². The zero-order valence-electron chi connectivity index (χ0n) is 27.4. The Balaban J connectivity index is 1.19. The van der Waals surface area contributed by atoms with E-state index >= 15 is 0 Å². The summed E-state index contributed by atoms with van der Waals surface area (Å²) >= 11 is 1.20. The Morgan fingerprint density at radius 2 is 1.86 bits per heavy atom. The number of anilines is 1. The fraction of sp³-hybridized carbons (Fsp3) is 0.429. The summed E-state index contributed by atoms with van der Waals surface area (Å²) in [6, 6.07) is 21.0. The molecule has 1 aromatic heterocycles. The van der Waals surface area contributed by atoms with E-state index in [1.165, 1.54) is 21.7 Å². The lowest BCUT2D eigenvalue weighted by molar-refractivity contribution is -0.0907. The van der Waals surface area contributed by atoms with Gasteiger partial charge in [0.2, 0.25) is 10.0 Å². The maximum Gasteiger partial charge on any atom is 0.407 e. The second-order valence-corrected chi connectivity index (χ2v) is 15.8. The summed E-state index contributed by atoms with van der Waals surface area (Å²) < 4.78 is 52.8. The van der Waals surface area contributed by atoms with Gasteiger partial charge >= 0.3 is 6.09 Å². The molecule has 0 aliphatic carbocycles. The van der Waals surface area contributed by atoms with E-state index in [9.17, 15) is 18.3 Å². The number of aliphatic hydroxyl groups excluding tert-OH is 1. The molecule has 12 nitrogen and oxygen atoms in total. The molecule has 0 spiro atoms. The van der Waals surface area contributed by atoms with Crippen molar-refractivity contribution >= 4 is 42.8 Å². The first-order valence-corrected chi connectivity index (χ1v) is 18.6. The Morgan fingerprint density at radius 3 is 2.61 bits per heavy atom. The average Bonchev–Trinajstić information content (AvgIpc) is 3.80. The highest BCUT2D eigenvalue weighted by atomic mass is 32.2. The molecule has 6 rings (SSSR count). The first-order chi connectivity index (χ1) is 23.5. The summed E-state index contributed by atoms with van der Waals surface area (Å²) in [5.74, 6) is 0.560. The molecule has 0 bridgehead atoms. The van der Waals surface area contributed by atoms with Crippen LogP contribution in [0, 0.1) is 11.8 Å². The van der Waals surface area contributed by atoms with Gasteiger partial charge in [0.05, 0.1) is 46.4 Å². The number of benzene rings is 3. The third-order valence-electron chi connectivity index (χ3n) is 8.61. The summed E-state index contributed by atoms with van der Waals surface area (Å²) in [6.45, 7) is 4.85. The lowest BCUT2D eigenvalue weighted by atomic mass is 10.0. The van der Waals surface area contributed by atoms with Crippen molar-refractivity contribution in [1.82, 2.24) is 14.6 Å². The fourth-order valence-corrected chi connectivity index (χ4v) is 8.61. The van der Waals surface area contributed by atoms with Gasteiger partial charge in [0.25, 0.3) is 0 Å². The minimum atomic E-state index is -4.05. The van der Waals surface area contributed by atoms with Crippen molar-refractivity contribution in [3.63, 3.8) is 0 Å². The highest BCUT2D eigenvalue weighted by Crippen LogP contribution is 2.33. The average molecular weight is 711 g/mol. The molecule has 0 saturated carbocycles. The van der Waals surface area contributed by atoms with Crippen LogP contribution in [0.25, 0.3) is 10.2 Å². The quantitative estimate of drug-likeness (QED) is 0.169. The molecule has 262 valence electrons. The van der Waals surface area contributed by atoms with E-state index in [4.69, 9.17) is 24.7 Å². The van der Waals surface area contributed by atoms with Crippen LogP contribution in [0.5, 0.6) is 5.75 Å². The van der Waals surface area contributed by atoms with E-state index in [1.807, 2.05) is 68.4 Å². The molecule has 4 aromatic rings. The molecular weight excluding hydrogens is 669 g/mol. The zero-order chi connectivity index (χ0) is 34.5. The molecule has 4 N–H and O–H groups in total. The number of ether oxygens (including phenoxy) is 4. The predicted octanol–water partition coefficient (Wildman–Crippen LogP) is 4.56. The van der Waals surface area contributed by atoms with Crippen LogP contribution in [0.15, 0.2) is 77.7 Å². The molecular formula is C35H42N4O8S2. The van der Waals surface area contributed by atoms with Gasteiger partial charge < -0.3 is 35.1 Å². The molecule has 14 heteroatoms. The SMILES string of the molecule is CC(C)CN(C[C@@H](O)[C@H](Cc1ccc(OCc2ccccc2)cc1)NC(=O)O[C@H]1CO[C@H]2OCC[C@H]21)S(=O)(=O)c1ccc2nc(N)sc2c1. The van der Waals surface area contributed by atoms with Gasteiger partial charge in [0.15, 0.2) is 11.4 Å². The number of hydrogen-bond acceptors (Lipinski definition) is 11. The van der Waals surface area contributed by atoms with Gasteiger partial charge in [-0.1, -0.05) is 67.6 Å². The Morgan fingerprint density at radius 1 is 1.08 bits per heavy atom. The van der Waals surface area contributed by atoms with Crippen LogP contribution in [0.1, 0.15) is 31.4 Å². The van der Waals surface area contributed by atoms with Crippen molar-refractivity contribution in [2.45, 2.75) is 62.7 Å². The molecule has 1 amide bonds. The molecule has 2 fully saturated rings. The smallest absolute Gasteiger partial charge is 0.407 e. The topological polar surface area (TPSA) is 163 Å². The lowest BCUT2D eigenvalue weighted by Crippen LogP contribution is -2.51. The number of nitrogen functional groups attached to an aromatic ring is 1. The first kappa shape index (κ1) is 35.1. The number of aromatic nitrogens is 1. The van der Waals surface area contributed by atoms with E-state index in [0.717, 1.165) is 17.5 Å². The normalized spacial score (nSPS) is 20.4. The van der Waals surface area contributed by atoms with Crippen molar-refractivity contribution in [3.8, 4) is 5.75 Å². The van der Waals surface area contributed by atoms with E-state index in [0.29, 0.717) is 34.3 Å². The molecule has 3 aromatic carbocycles. The summed E-state index contributed by atoms with van der Waals surface area (Å²) in [7, 11) is -4.05. The number of alkyl carbamates (subject to hydrolysis) is 1. The molecule has 2 aliphatic rings. The number of sulfonamides is 1. The van der Waals surface area contributed by atoms with Crippen molar-refractivity contribution in [3.05, 3.63) is 83.9 Å². The molecule has 5 atom stereocenters. The third kappa shape index (κ3) is 8.69. The van der Waals surface area contributed by atoms with Crippen LogP contribution in [0.3, 0.4) is 0 Å². The van der Waals surface area contributed by atoms with Crippen molar-refractivity contribution in [2.24, 2.45) is 11.8 Å². The van der Waals surface area contributed by atoms with Crippen LogP contribution < -0.4 is 15.8 Å². The van der Waals surface area contributed by atoms with Crippen LogP contribution in [-0.4, -0.2) is 79.7 Å². The molecule has 0 radical (unpaired) electrons. The van der Waals surface area contributed by atoms with Crippen molar-refractivity contribution in [2.75, 3.05) is 32.0 Å². The monoisotopic (exact) mass is 710 g/mol. The van der Waals surface area contributed by atoms with Gasteiger partial charge in [-0.15, -0.1) is 0 Å². The van der Waals surface area contributed by atoms with Crippen LogP contribution in [0.4, 0.5) is 9.93 Å². The Kier molecular flexibility index (Phi) is 11.0. The minimum absolute atomic E-state index is 0.0477. The maximum absolute atomic E-state index is 14.0. The predicted molar refractivity (Wildman–Crippen MR) is 186 cm³/mol. The van der Waals surface area contributed by atoms with E-state index in [2.05, 4.69) is 10.3 Å². The number of nitrogens with zero attached hydrogens (tertiary/aromatic N) is 2. The second kappa shape index (κ2) is 15.4. The first-order valence-electron chi connectivity index (χ1n) is 16.4. The number of aliphatic hydroxyl groups is 1. The molecule has 2 aliphatic heterocycles. The van der Waals surface area contributed by atoms with Gasteiger partial charge in [-0.25, -0.2) is 18.2 Å². The number of fused-ring (bicyclic) bond motifs is 2. The largest absolute Gasteiger partial charge is 0.489 e. The molecule has 49 heavy (non-hydrogen) atoms. The van der Waals surface area contributed by atoms with Gasteiger partial charge in [0, 0.05) is 13.1 Å². The molecule has 2 saturated heterocycles. The van der Waals surface area contributed by atoms with Crippen molar-refractivity contribution in [1.29, 1.82) is 0 Å².